The predicted octanol–water partition coefficient (Wildman–Crippen LogP) is 4.66. The third kappa shape index (κ3) is 11.9. The number of hydrogen-bond acceptors (Lipinski definition) is 8. The molecule has 1 N–H and O–H groups in total. The Morgan fingerprint density at radius 1 is 0.895 bits per heavy atom. The van der Waals surface area contributed by atoms with Crippen molar-refractivity contribution in [3.05, 3.63) is 65.7 Å². The van der Waals surface area contributed by atoms with Crippen LogP contribution in [0.5, 0.6) is 5.75 Å². The zero-order valence-electron chi connectivity index (χ0n) is 23.2. The summed E-state index contributed by atoms with van der Waals surface area (Å²) in [5.74, 6) is 0.207. The van der Waals surface area contributed by atoms with E-state index in [0.717, 1.165) is 16.9 Å². The van der Waals surface area contributed by atoms with Crippen LogP contribution >= 0.6 is 0 Å². The number of nitrogens with one attached hydrogen (secondary N) is 1. The molecule has 0 aliphatic heterocycles. The fraction of sp³-hybridized carbons (Fsp3) is 0.517. The smallest absolute Gasteiger partial charge is 0.408 e. The van der Waals surface area contributed by atoms with Crippen LogP contribution in [0.4, 0.5) is 4.79 Å². The minimum Gasteiger partial charge on any atom is -0.497 e. The van der Waals surface area contributed by atoms with E-state index in [0.29, 0.717) is 13.2 Å². The van der Waals surface area contributed by atoms with Crippen LogP contribution in [0.2, 0.25) is 0 Å². The molecule has 0 aliphatic carbocycles. The molecule has 1 amide bonds. The quantitative estimate of drug-likeness (QED) is 0.262. The summed E-state index contributed by atoms with van der Waals surface area (Å²) in [6, 6.07) is 16.6. The highest BCUT2D eigenvalue weighted by atomic mass is 16.6. The highest BCUT2D eigenvalue weighted by Gasteiger charge is 2.25. The van der Waals surface area contributed by atoms with Gasteiger partial charge in [-0.2, -0.15) is 0 Å². The molecular formula is C29H41NO8. The third-order valence-electron chi connectivity index (χ3n) is 5.51. The summed E-state index contributed by atoms with van der Waals surface area (Å²) in [6.07, 6.45) is -1.14. The van der Waals surface area contributed by atoms with E-state index in [1.807, 2.05) is 61.5 Å². The Bertz CT molecular complexity index is 959. The number of amides is 1. The van der Waals surface area contributed by atoms with Crippen LogP contribution < -0.4 is 10.1 Å². The molecule has 210 valence electrons. The predicted molar refractivity (Wildman–Crippen MR) is 143 cm³/mol. The molecule has 0 saturated heterocycles. The number of benzene rings is 2. The van der Waals surface area contributed by atoms with Gasteiger partial charge in [0.05, 0.1) is 40.1 Å². The van der Waals surface area contributed by atoms with Crippen molar-refractivity contribution in [3.63, 3.8) is 0 Å². The van der Waals surface area contributed by atoms with Gasteiger partial charge in [-0.1, -0.05) is 42.5 Å². The van der Waals surface area contributed by atoms with Crippen molar-refractivity contribution in [1.29, 1.82) is 0 Å². The van der Waals surface area contributed by atoms with Crippen molar-refractivity contribution in [2.24, 2.45) is 0 Å². The fourth-order valence-corrected chi connectivity index (χ4v) is 3.40. The molecule has 3 atom stereocenters. The lowest BCUT2D eigenvalue weighted by molar-refractivity contribution is -0.144. The van der Waals surface area contributed by atoms with Gasteiger partial charge in [0.2, 0.25) is 0 Å². The lowest BCUT2D eigenvalue weighted by atomic mass is 10.2. The number of carbonyl (C=O) groups excluding carboxylic acids is 2. The Labute approximate surface area is 225 Å². The Kier molecular flexibility index (Phi) is 13.1. The first-order valence-corrected chi connectivity index (χ1v) is 12.7. The summed E-state index contributed by atoms with van der Waals surface area (Å²) in [4.78, 5) is 24.3. The fourth-order valence-electron chi connectivity index (χ4n) is 3.40. The van der Waals surface area contributed by atoms with Crippen LogP contribution in [-0.4, -0.2) is 63.3 Å². The van der Waals surface area contributed by atoms with Gasteiger partial charge in [0.25, 0.3) is 0 Å². The number of carbonyl (C=O) groups is 2. The number of hydrogen-bond donors (Lipinski definition) is 1. The van der Waals surface area contributed by atoms with Gasteiger partial charge in [0.15, 0.2) is 0 Å². The van der Waals surface area contributed by atoms with E-state index in [1.165, 1.54) is 7.11 Å². The Balaban J connectivity index is 1.93. The molecule has 0 aromatic heterocycles. The van der Waals surface area contributed by atoms with Crippen molar-refractivity contribution in [2.75, 3.05) is 27.4 Å². The van der Waals surface area contributed by atoms with Gasteiger partial charge >= 0.3 is 12.1 Å². The second-order valence-corrected chi connectivity index (χ2v) is 9.78. The van der Waals surface area contributed by atoms with Gasteiger partial charge in [0.1, 0.15) is 23.5 Å². The minimum absolute atomic E-state index is 0.186. The van der Waals surface area contributed by atoms with E-state index in [4.69, 9.17) is 28.4 Å². The van der Waals surface area contributed by atoms with Crippen LogP contribution in [0.3, 0.4) is 0 Å². The van der Waals surface area contributed by atoms with E-state index >= 15 is 0 Å². The number of esters is 1. The molecule has 38 heavy (non-hydrogen) atoms. The molecule has 2 aromatic rings. The average molecular weight is 532 g/mol. The second kappa shape index (κ2) is 16.0. The summed E-state index contributed by atoms with van der Waals surface area (Å²) in [5.41, 5.74) is 1.36. The van der Waals surface area contributed by atoms with E-state index in [-0.39, 0.29) is 31.8 Å². The summed E-state index contributed by atoms with van der Waals surface area (Å²) >= 11 is 0. The number of alkyl carbamates (subject to hydrolysis) is 1. The first kappa shape index (κ1) is 31.1. The molecule has 0 radical (unpaired) electrons. The number of methoxy groups -OCH3 is 2. The SMILES string of the molecule is COC(=O)C(CCOCC(OCc1ccccc1)C(C)OCc1ccc(OC)cc1)NC(=O)OC(C)(C)C. The molecule has 2 aromatic carbocycles. The maximum atomic E-state index is 12.2. The van der Waals surface area contributed by atoms with Crippen molar-refractivity contribution >= 4 is 12.1 Å². The molecule has 0 spiro atoms. The van der Waals surface area contributed by atoms with Crippen molar-refractivity contribution < 1.29 is 38.0 Å². The van der Waals surface area contributed by atoms with Crippen molar-refractivity contribution in [2.45, 2.75) is 71.2 Å². The zero-order chi connectivity index (χ0) is 28.0. The Morgan fingerprint density at radius 2 is 1.53 bits per heavy atom. The van der Waals surface area contributed by atoms with Crippen molar-refractivity contribution in [3.8, 4) is 5.75 Å². The van der Waals surface area contributed by atoms with Crippen LogP contribution in [-0.2, 0) is 41.7 Å². The van der Waals surface area contributed by atoms with Gasteiger partial charge in [-0.3, -0.25) is 0 Å². The summed E-state index contributed by atoms with van der Waals surface area (Å²) in [6.45, 7) is 8.40. The van der Waals surface area contributed by atoms with E-state index in [2.05, 4.69) is 5.32 Å². The normalized spacial score (nSPS) is 13.7. The Morgan fingerprint density at radius 3 is 2.13 bits per heavy atom. The number of ether oxygens (including phenoxy) is 6. The molecule has 0 saturated carbocycles. The zero-order valence-corrected chi connectivity index (χ0v) is 23.2. The standard InChI is InChI=1S/C29H41NO8/c1-21(36-18-23-12-14-24(33-5)15-13-23)26(37-19-22-10-8-7-9-11-22)20-35-17-16-25(27(31)34-6)30-28(32)38-29(2,3)4/h7-15,21,25-26H,16-20H2,1-6H3,(H,30,32). The van der Waals surface area contributed by atoms with Crippen molar-refractivity contribution in [1.82, 2.24) is 5.32 Å². The molecule has 2 rings (SSSR count). The van der Waals surface area contributed by atoms with E-state index in [9.17, 15) is 9.59 Å². The lowest BCUT2D eigenvalue weighted by Crippen LogP contribution is -2.44. The molecular weight excluding hydrogens is 490 g/mol. The van der Waals surface area contributed by atoms with Gasteiger partial charge < -0.3 is 33.7 Å². The molecule has 0 heterocycles. The molecule has 9 nitrogen and oxygen atoms in total. The maximum absolute atomic E-state index is 12.2. The second-order valence-electron chi connectivity index (χ2n) is 9.78. The third-order valence-corrected chi connectivity index (χ3v) is 5.51. The summed E-state index contributed by atoms with van der Waals surface area (Å²) in [7, 11) is 2.89. The molecule has 0 fully saturated rings. The average Bonchev–Trinajstić information content (AvgIpc) is 2.89. The van der Waals surface area contributed by atoms with Crippen LogP contribution in [0.15, 0.2) is 54.6 Å². The molecule has 0 bridgehead atoms. The van der Waals surface area contributed by atoms with Crippen LogP contribution in [0, 0.1) is 0 Å². The highest BCUT2D eigenvalue weighted by Crippen LogP contribution is 2.15. The first-order chi connectivity index (χ1) is 18.1. The largest absolute Gasteiger partial charge is 0.497 e. The van der Waals surface area contributed by atoms with Gasteiger partial charge in [0, 0.05) is 13.0 Å². The van der Waals surface area contributed by atoms with E-state index < -0.39 is 23.7 Å². The van der Waals surface area contributed by atoms with Crippen LogP contribution in [0.25, 0.3) is 0 Å². The van der Waals surface area contributed by atoms with Gasteiger partial charge in [-0.25, -0.2) is 9.59 Å². The summed E-state index contributed by atoms with van der Waals surface area (Å²) in [5, 5.41) is 2.55. The Hall–Kier alpha value is -3.14. The lowest BCUT2D eigenvalue weighted by Gasteiger charge is -2.25. The first-order valence-electron chi connectivity index (χ1n) is 12.7. The van der Waals surface area contributed by atoms with Gasteiger partial charge in [-0.15, -0.1) is 0 Å². The molecule has 9 heteroatoms. The molecule has 0 aliphatic rings. The molecule has 3 unspecified atom stereocenters. The minimum atomic E-state index is -0.901. The maximum Gasteiger partial charge on any atom is 0.408 e. The topological polar surface area (TPSA) is 102 Å². The summed E-state index contributed by atoms with van der Waals surface area (Å²) < 4.78 is 33.4. The number of rotatable bonds is 15. The monoisotopic (exact) mass is 531 g/mol. The van der Waals surface area contributed by atoms with Crippen LogP contribution in [0.1, 0.15) is 45.2 Å². The van der Waals surface area contributed by atoms with E-state index in [1.54, 1.807) is 27.9 Å². The highest BCUT2D eigenvalue weighted by molar-refractivity contribution is 5.81. The van der Waals surface area contributed by atoms with Gasteiger partial charge in [-0.05, 0) is 51.0 Å².